The van der Waals surface area contributed by atoms with Gasteiger partial charge in [-0.05, 0) is 54.7 Å². The minimum absolute atomic E-state index is 0.106. The summed E-state index contributed by atoms with van der Waals surface area (Å²) in [5, 5.41) is 11.3. The van der Waals surface area contributed by atoms with E-state index in [4.69, 9.17) is 9.47 Å². The predicted molar refractivity (Wildman–Crippen MR) is 130 cm³/mol. The fourth-order valence-electron chi connectivity index (χ4n) is 5.04. The lowest BCUT2D eigenvalue weighted by Crippen LogP contribution is -2.38. The number of amides is 2. The second-order valence-electron chi connectivity index (χ2n) is 9.55. The third-order valence-electron chi connectivity index (χ3n) is 7.04. The number of benzene rings is 1. The lowest BCUT2D eigenvalue weighted by Gasteiger charge is -2.29. The van der Waals surface area contributed by atoms with Crippen molar-refractivity contribution in [1.29, 1.82) is 0 Å². The zero-order valence-corrected chi connectivity index (χ0v) is 20.3. The van der Waals surface area contributed by atoms with Crippen molar-refractivity contribution in [2.45, 2.75) is 51.3 Å². The number of hydrogen-bond donors (Lipinski definition) is 1. The number of aryl methyl sites for hydroxylation is 1. The largest absolute Gasteiger partial charge is 0.444 e. The standard InChI is InChI=1S/C26H27FN6O4/c27-20-13-16-7-10-32(26(35)37-18-8-11-36-15-18)14-17(16)12-19(20)25(34)29-22-5-3-4-21(28-22)24-31-30-23-6-1-2-9-33(23)24/h3-5,12-13,18H,1-2,6-11,14-15H2,(H,28,29,34). The van der Waals surface area contributed by atoms with Crippen molar-refractivity contribution in [3.05, 3.63) is 58.7 Å². The maximum Gasteiger partial charge on any atom is 0.410 e. The van der Waals surface area contributed by atoms with E-state index in [1.54, 1.807) is 17.0 Å². The quantitative estimate of drug-likeness (QED) is 0.578. The first-order valence-electron chi connectivity index (χ1n) is 12.6. The molecular weight excluding hydrogens is 479 g/mol. The molecule has 1 saturated heterocycles. The molecule has 10 nitrogen and oxygen atoms in total. The van der Waals surface area contributed by atoms with E-state index in [0.717, 1.165) is 37.2 Å². The Balaban J connectivity index is 1.18. The average molecular weight is 507 g/mol. The van der Waals surface area contributed by atoms with E-state index >= 15 is 0 Å². The first-order chi connectivity index (χ1) is 18.0. The molecule has 0 aliphatic carbocycles. The third kappa shape index (κ3) is 4.78. The lowest BCUT2D eigenvalue weighted by atomic mass is 9.96. The number of carbonyl (C=O) groups is 2. The summed E-state index contributed by atoms with van der Waals surface area (Å²) in [7, 11) is 0. The molecule has 5 heterocycles. The smallest absolute Gasteiger partial charge is 0.410 e. The summed E-state index contributed by atoms with van der Waals surface area (Å²) < 4.78 is 27.8. The van der Waals surface area contributed by atoms with Gasteiger partial charge >= 0.3 is 6.09 Å². The van der Waals surface area contributed by atoms with E-state index in [2.05, 4.69) is 25.1 Å². The van der Waals surface area contributed by atoms with Crippen LogP contribution in [0.2, 0.25) is 0 Å². The molecule has 1 aromatic carbocycles. The van der Waals surface area contributed by atoms with Gasteiger partial charge in [-0.15, -0.1) is 10.2 Å². The summed E-state index contributed by atoms with van der Waals surface area (Å²) in [5.41, 5.74) is 1.98. The molecule has 11 heteroatoms. The molecule has 3 aromatic rings. The number of pyridine rings is 1. The minimum Gasteiger partial charge on any atom is -0.444 e. The maximum absolute atomic E-state index is 14.9. The van der Waals surface area contributed by atoms with Gasteiger partial charge in [-0.3, -0.25) is 4.79 Å². The molecule has 37 heavy (non-hydrogen) atoms. The van der Waals surface area contributed by atoms with Gasteiger partial charge in [-0.2, -0.15) is 0 Å². The van der Waals surface area contributed by atoms with Crippen molar-refractivity contribution in [2.75, 3.05) is 25.1 Å². The maximum atomic E-state index is 14.9. The molecule has 192 valence electrons. The Kier molecular flexibility index (Phi) is 6.29. The molecule has 1 N–H and O–H groups in total. The number of anilines is 1. The zero-order chi connectivity index (χ0) is 25.4. The topological polar surface area (TPSA) is 111 Å². The Labute approximate surface area is 212 Å². The third-order valence-corrected chi connectivity index (χ3v) is 7.04. The molecule has 1 unspecified atom stereocenters. The van der Waals surface area contributed by atoms with E-state index in [1.807, 2.05) is 6.07 Å². The second-order valence-corrected chi connectivity index (χ2v) is 9.55. The van der Waals surface area contributed by atoms with Crippen LogP contribution in [0.1, 0.15) is 46.6 Å². The van der Waals surface area contributed by atoms with Crippen LogP contribution >= 0.6 is 0 Å². The van der Waals surface area contributed by atoms with Crippen molar-refractivity contribution < 1.29 is 23.5 Å². The Morgan fingerprint density at radius 1 is 1.11 bits per heavy atom. The van der Waals surface area contributed by atoms with Crippen LogP contribution < -0.4 is 5.32 Å². The summed E-state index contributed by atoms with van der Waals surface area (Å²) in [6.45, 7) is 2.48. The van der Waals surface area contributed by atoms with E-state index in [1.165, 1.54) is 12.1 Å². The lowest BCUT2D eigenvalue weighted by molar-refractivity contribution is 0.0516. The predicted octanol–water partition coefficient (Wildman–Crippen LogP) is 3.35. The van der Waals surface area contributed by atoms with Gasteiger partial charge in [0.1, 0.15) is 29.3 Å². The fraction of sp³-hybridized carbons (Fsp3) is 0.423. The molecule has 0 radical (unpaired) electrons. The molecule has 1 fully saturated rings. The number of nitrogens with one attached hydrogen (secondary N) is 1. The highest BCUT2D eigenvalue weighted by Crippen LogP contribution is 2.26. The monoisotopic (exact) mass is 506 g/mol. The molecule has 3 aliphatic heterocycles. The summed E-state index contributed by atoms with van der Waals surface area (Å²) in [6.07, 6.45) is 3.52. The van der Waals surface area contributed by atoms with Gasteiger partial charge in [-0.25, -0.2) is 14.2 Å². The number of carbonyl (C=O) groups excluding carboxylic acids is 2. The molecule has 2 aromatic heterocycles. The Morgan fingerprint density at radius 3 is 2.89 bits per heavy atom. The molecular formula is C26H27FN6O4. The van der Waals surface area contributed by atoms with Crippen LogP contribution in [0.3, 0.4) is 0 Å². The van der Waals surface area contributed by atoms with Gasteiger partial charge in [-0.1, -0.05) is 6.07 Å². The van der Waals surface area contributed by atoms with Gasteiger partial charge in [0.2, 0.25) is 0 Å². The Bertz CT molecular complexity index is 1350. The van der Waals surface area contributed by atoms with Crippen molar-refractivity contribution in [3.63, 3.8) is 0 Å². The van der Waals surface area contributed by atoms with Crippen LogP contribution in [0.15, 0.2) is 30.3 Å². The van der Waals surface area contributed by atoms with E-state index in [0.29, 0.717) is 49.7 Å². The van der Waals surface area contributed by atoms with E-state index in [-0.39, 0.29) is 24.0 Å². The number of rotatable bonds is 4. The molecule has 1 atom stereocenters. The average Bonchev–Trinajstić information content (AvgIpc) is 3.58. The molecule has 0 spiro atoms. The summed E-state index contributed by atoms with van der Waals surface area (Å²) in [6, 6.07) is 8.12. The Morgan fingerprint density at radius 2 is 2.03 bits per heavy atom. The van der Waals surface area contributed by atoms with Crippen molar-refractivity contribution >= 4 is 17.8 Å². The van der Waals surface area contributed by atoms with Crippen molar-refractivity contribution in [3.8, 4) is 11.5 Å². The SMILES string of the molecule is O=C(Nc1cccc(-c2nnc3n2CCCC3)n1)c1cc2c(cc1F)CCN(C(=O)OC1CCOC1)C2. The van der Waals surface area contributed by atoms with Crippen LogP contribution in [-0.4, -0.2) is 62.5 Å². The first kappa shape index (κ1) is 23.5. The second kappa shape index (κ2) is 9.89. The van der Waals surface area contributed by atoms with Gasteiger partial charge in [0, 0.05) is 32.5 Å². The highest BCUT2D eigenvalue weighted by atomic mass is 19.1. The van der Waals surface area contributed by atoms with Gasteiger partial charge in [0.05, 0.1) is 18.8 Å². The number of nitrogens with zero attached hydrogens (tertiary/aromatic N) is 5. The van der Waals surface area contributed by atoms with Crippen molar-refractivity contribution in [2.24, 2.45) is 0 Å². The van der Waals surface area contributed by atoms with Crippen LogP contribution in [-0.2, 0) is 35.4 Å². The van der Waals surface area contributed by atoms with Gasteiger partial charge in [0.25, 0.3) is 5.91 Å². The number of aromatic nitrogens is 4. The molecule has 3 aliphatic rings. The summed E-state index contributed by atoms with van der Waals surface area (Å²) in [5.74, 6) is 0.649. The summed E-state index contributed by atoms with van der Waals surface area (Å²) >= 11 is 0. The first-order valence-corrected chi connectivity index (χ1v) is 12.6. The van der Waals surface area contributed by atoms with E-state index < -0.39 is 17.8 Å². The van der Waals surface area contributed by atoms with Crippen LogP contribution in [0.25, 0.3) is 11.5 Å². The number of fused-ring (bicyclic) bond motifs is 2. The number of halogens is 1. The highest BCUT2D eigenvalue weighted by molar-refractivity contribution is 6.04. The fourth-order valence-corrected chi connectivity index (χ4v) is 5.04. The molecule has 6 rings (SSSR count). The molecule has 2 amide bonds. The van der Waals surface area contributed by atoms with Crippen LogP contribution in [0.5, 0.6) is 0 Å². The van der Waals surface area contributed by atoms with E-state index in [9.17, 15) is 14.0 Å². The van der Waals surface area contributed by atoms with Crippen molar-refractivity contribution in [1.82, 2.24) is 24.6 Å². The minimum atomic E-state index is -0.615. The van der Waals surface area contributed by atoms with Gasteiger partial charge < -0.3 is 24.3 Å². The van der Waals surface area contributed by atoms with Gasteiger partial charge in [0.15, 0.2) is 5.82 Å². The Hall–Kier alpha value is -3.86. The van der Waals surface area contributed by atoms with Crippen LogP contribution in [0.4, 0.5) is 15.0 Å². The highest BCUT2D eigenvalue weighted by Gasteiger charge is 2.28. The zero-order valence-electron chi connectivity index (χ0n) is 20.3. The number of hydrogen-bond acceptors (Lipinski definition) is 7. The van der Waals surface area contributed by atoms with Crippen LogP contribution in [0, 0.1) is 5.82 Å². The molecule has 0 bridgehead atoms. The molecule has 0 saturated carbocycles. The number of ether oxygens (including phenoxy) is 2. The normalized spacial score (nSPS) is 18.7. The summed E-state index contributed by atoms with van der Waals surface area (Å²) in [4.78, 5) is 31.7.